The van der Waals surface area contributed by atoms with E-state index in [1.54, 1.807) is 12.1 Å². The largest absolute Gasteiger partial charge is 0.508 e. The summed E-state index contributed by atoms with van der Waals surface area (Å²) in [6.45, 7) is 2.59. The quantitative estimate of drug-likeness (QED) is 0.559. The minimum atomic E-state index is -0.941. The number of piperidine rings is 3. The fraction of sp³-hybridized carbons (Fsp3) is 0.476. The molecule has 0 saturated carbocycles. The number of aliphatic hydroxyl groups is 1. The summed E-state index contributed by atoms with van der Waals surface area (Å²) in [4.78, 5) is 18.9. The van der Waals surface area contributed by atoms with Crippen molar-refractivity contribution in [3.05, 3.63) is 41.1 Å². The molecule has 4 aliphatic heterocycles. The van der Waals surface area contributed by atoms with Gasteiger partial charge in [0.1, 0.15) is 11.2 Å². The first-order chi connectivity index (χ1) is 13.0. The van der Waals surface area contributed by atoms with Crippen molar-refractivity contribution in [2.75, 3.05) is 20.3 Å². The zero-order valence-electron chi connectivity index (χ0n) is 15.5. The van der Waals surface area contributed by atoms with Crippen molar-refractivity contribution in [3.8, 4) is 5.75 Å². The van der Waals surface area contributed by atoms with E-state index in [2.05, 4.69) is 16.0 Å². The third kappa shape index (κ3) is 1.95. The molecule has 3 N–H and O–H groups in total. The van der Waals surface area contributed by atoms with E-state index in [1.165, 1.54) is 18.4 Å². The molecule has 0 amide bonds. The predicted molar refractivity (Wildman–Crippen MR) is 100 cm³/mol. The van der Waals surface area contributed by atoms with Gasteiger partial charge in [-0.3, -0.25) is 9.69 Å². The van der Waals surface area contributed by atoms with E-state index in [9.17, 15) is 15.0 Å². The van der Waals surface area contributed by atoms with E-state index < -0.39 is 5.41 Å². The number of methoxy groups -OCH3 is 1. The molecule has 6 nitrogen and oxygen atoms in total. The molecule has 2 unspecified atom stereocenters. The molecule has 0 aliphatic carbocycles. The van der Waals surface area contributed by atoms with Crippen LogP contribution < -0.4 is 0 Å². The van der Waals surface area contributed by atoms with Gasteiger partial charge in [0, 0.05) is 35.1 Å². The number of aromatic nitrogens is 1. The molecule has 5 atom stereocenters. The number of aromatic amines is 1. The molecular weight excluding hydrogens is 344 g/mol. The summed E-state index contributed by atoms with van der Waals surface area (Å²) >= 11 is 0. The summed E-state index contributed by atoms with van der Waals surface area (Å²) in [6, 6.07) is 5.45. The number of nitrogens with zero attached hydrogens (tertiary/aromatic N) is 1. The molecular formula is C21H24N2O4. The Bertz CT molecular complexity index is 978. The minimum Gasteiger partial charge on any atom is -0.508 e. The Morgan fingerprint density at radius 1 is 1.48 bits per heavy atom. The van der Waals surface area contributed by atoms with Gasteiger partial charge >= 0.3 is 5.97 Å². The van der Waals surface area contributed by atoms with Gasteiger partial charge in [-0.15, -0.1) is 0 Å². The number of fused-ring (bicyclic) bond motifs is 4. The number of hydrogen-bond acceptors (Lipinski definition) is 5. The van der Waals surface area contributed by atoms with Crippen LogP contribution in [0.4, 0.5) is 0 Å². The van der Waals surface area contributed by atoms with E-state index in [1.807, 2.05) is 13.0 Å². The van der Waals surface area contributed by atoms with Gasteiger partial charge < -0.3 is 19.9 Å². The first-order valence-electron chi connectivity index (χ1n) is 9.48. The van der Waals surface area contributed by atoms with Crippen LogP contribution in [0.3, 0.4) is 0 Å². The molecule has 27 heavy (non-hydrogen) atoms. The Labute approximate surface area is 157 Å². The van der Waals surface area contributed by atoms with Crippen LogP contribution in [0.1, 0.15) is 30.6 Å². The van der Waals surface area contributed by atoms with E-state index >= 15 is 0 Å². The summed E-state index contributed by atoms with van der Waals surface area (Å²) < 4.78 is 5.20. The molecule has 3 saturated heterocycles. The Kier molecular flexibility index (Phi) is 3.49. The van der Waals surface area contributed by atoms with Gasteiger partial charge in [-0.1, -0.05) is 11.6 Å². The number of nitrogens with one attached hydrogen (secondary N) is 1. The second-order valence-corrected chi connectivity index (χ2v) is 8.00. The van der Waals surface area contributed by atoms with E-state index in [0.29, 0.717) is 6.42 Å². The molecule has 3 fully saturated rings. The van der Waals surface area contributed by atoms with Crippen LogP contribution in [0.15, 0.2) is 29.8 Å². The number of H-pyrrole nitrogens is 1. The Morgan fingerprint density at radius 3 is 3.00 bits per heavy atom. The second kappa shape index (κ2) is 5.59. The van der Waals surface area contributed by atoms with Crippen molar-refractivity contribution in [1.82, 2.24) is 9.88 Å². The second-order valence-electron chi connectivity index (χ2n) is 8.00. The number of esters is 1. The standard InChI is InChI=1S/C21H24N2O4/c1-3-11-9-23-17-8-15(11)21(10-24,20(26)27-2)18(23)7-14-13-6-12(25)4-5-16(13)22-19(14)17/h3-6,15,17-18,22,24-25H,7-10H2,1-2H3/b11-3-/t15-,17-,18-,21?/m0/s1. The van der Waals surface area contributed by atoms with Gasteiger partial charge in [0.25, 0.3) is 0 Å². The number of benzene rings is 1. The molecule has 5 heterocycles. The smallest absolute Gasteiger partial charge is 0.316 e. The van der Waals surface area contributed by atoms with Gasteiger partial charge in [0.2, 0.25) is 0 Å². The van der Waals surface area contributed by atoms with Gasteiger partial charge in [-0.2, -0.15) is 0 Å². The third-order valence-corrected chi connectivity index (χ3v) is 7.14. The maximum absolute atomic E-state index is 13.0. The van der Waals surface area contributed by atoms with Crippen molar-refractivity contribution in [2.45, 2.75) is 31.8 Å². The van der Waals surface area contributed by atoms with Crippen LogP contribution in [-0.4, -0.2) is 52.4 Å². The third-order valence-electron chi connectivity index (χ3n) is 7.14. The number of ether oxygens (including phenoxy) is 1. The summed E-state index contributed by atoms with van der Waals surface area (Å²) in [5.74, 6) is -0.110. The number of phenols is 1. The lowest BCUT2D eigenvalue weighted by Crippen LogP contribution is -2.69. The summed E-state index contributed by atoms with van der Waals surface area (Å²) in [7, 11) is 1.40. The number of phenolic OH excluding ortho intramolecular Hbond substituents is 1. The van der Waals surface area contributed by atoms with Crippen LogP contribution >= 0.6 is 0 Å². The molecule has 4 aliphatic rings. The van der Waals surface area contributed by atoms with Gasteiger partial charge in [0.05, 0.1) is 19.8 Å². The highest BCUT2D eigenvalue weighted by Gasteiger charge is 2.64. The van der Waals surface area contributed by atoms with Crippen molar-refractivity contribution >= 4 is 16.9 Å². The molecule has 1 aromatic heterocycles. The summed E-state index contributed by atoms with van der Waals surface area (Å²) in [5.41, 5.74) is 3.60. The lowest BCUT2D eigenvalue weighted by molar-refractivity contribution is -0.183. The fourth-order valence-corrected chi connectivity index (χ4v) is 5.92. The highest BCUT2D eigenvalue weighted by Crippen LogP contribution is 2.59. The number of aromatic hydroxyl groups is 1. The Hall–Kier alpha value is -2.31. The maximum Gasteiger partial charge on any atom is 0.316 e. The Morgan fingerprint density at radius 2 is 2.30 bits per heavy atom. The average molecular weight is 368 g/mol. The van der Waals surface area contributed by atoms with E-state index in [4.69, 9.17) is 4.74 Å². The number of carbonyl (C=O) groups excluding carboxylic acids is 1. The topological polar surface area (TPSA) is 85.8 Å². The van der Waals surface area contributed by atoms with Crippen molar-refractivity contribution in [2.24, 2.45) is 11.3 Å². The van der Waals surface area contributed by atoms with Crippen LogP contribution in [-0.2, 0) is 16.0 Å². The summed E-state index contributed by atoms with van der Waals surface area (Å²) in [5, 5.41) is 21.4. The average Bonchev–Trinajstić information content (AvgIpc) is 3.05. The molecule has 142 valence electrons. The van der Waals surface area contributed by atoms with Crippen molar-refractivity contribution in [3.63, 3.8) is 0 Å². The van der Waals surface area contributed by atoms with Gasteiger partial charge in [-0.25, -0.2) is 0 Å². The highest BCUT2D eigenvalue weighted by atomic mass is 16.5. The molecule has 4 bridgehead atoms. The maximum atomic E-state index is 13.0. The number of carbonyl (C=O) groups is 1. The highest BCUT2D eigenvalue weighted by molar-refractivity contribution is 5.87. The Balaban J connectivity index is 1.73. The molecule has 6 rings (SSSR count). The normalized spacial score (nSPS) is 35.4. The first-order valence-corrected chi connectivity index (χ1v) is 9.48. The number of aliphatic hydroxyl groups excluding tert-OH is 1. The lowest BCUT2D eigenvalue weighted by Gasteiger charge is -2.62. The minimum absolute atomic E-state index is 0.0204. The first kappa shape index (κ1) is 16.8. The van der Waals surface area contributed by atoms with Crippen molar-refractivity contribution in [1.29, 1.82) is 0 Å². The van der Waals surface area contributed by atoms with Crippen LogP contribution in [0.2, 0.25) is 0 Å². The van der Waals surface area contributed by atoms with E-state index in [-0.39, 0.29) is 36.3 Å². The van der Waals surface area contributed by atoms with Crippen LogP contribution in [0, 0.1) is 11.3 Å². The number of hydrogen-bond donors (Lipinski definition) is 3. The zero-order chi connectivity index (χ0) is 18.9. The number of rotatable bonds is 2. The van der Waals surface area contributed by atoms with Gasteiger partial charge in [-0.05, 0) is 43.5 Å². The molecule has 0 radical (unpaired) electrons. The van der Waals surface area contributed by atoms with Crippen molar-refractivity contribution < 1.29 is 19.7 Å². The monoisotopic (exact) mass is 368 g/mol. The molecule has 0 spiro atoms. The lowest BCUT2D eigenvalue weighted by atomic mass is 9.55. The number of allylic oxidation sites excluding steroid dienone is 1. The van der Waals surface area contributed by atoms with Crippen LogP contribution in [0.25, 0.3) is 10.9 Å². The SMILES string of the molecule is C/C=C1/CN2[C@H]3Cc4c([nH]c5ccc(O)cc45)[C@@H]2C[C@@H]1C3(CO)C(=O)OC. The molecule has 6 heteroatoms. The molecule has 2 aromatic rings. The van der Waals surface area contributed by atoms with Crippen LogP contribution in [0.5, 0.6) is 5.75 Å². The van der Waals surface area contributed by atoms with Gasteiger partial charge in [0.15, 0.2) is 0 Å². The zero-order valence-corrected chi connectivity index (χ0v) is 15.5. The fourth-order valence-electron chi connectivity index (χ4n) is 5.92. The van der Waals surface area contributed by atoms with E-state index in [0.717, 1.165) is 29.4 Å². The molecule has 1 aromatic carbocycles. The summed E-state index contributed by atoms with van der Waals surface area (Å²) in [6.07, 6.45) is 3.51. The predicted octanol–water partition coefficient (Wildman–Crippen LogP) is 2.27.